The second kappa shape index (κ2) is 5.12. The highest BCUT2D eigenvalue weighted by Gasteiger charge is 2.23. The number of hydrogen-bond acceptors (Lipinski definition) is 4. The average molecular weight is 223 g/mol. The van der Waals surface area contributed by atoms with Crippen molar-refractivity contribution < 1.29 is 5.11 Å². The molecule has 1 fully saturated rings. The molecule has 1 saturated heterocycles. The number of piperidine rings is 1. The van der Waals surface area contributed by atoms with E-state index in [1.165, 1.54) is 18.8 Å². The molecule has 1 unspecified atom stereocenters. The zero-order valence-electron chi connectivity index (χ0n) is 9.22. The third-order valence-corrected chi connectivity index (χ3v) is 3.05. The van der Waals surface area contributed by atoms with Crippen molar-refractivity contribution in [3.8, 4) is 0 Å². The Morgan fingerprint density at radius 2 is 2.44 bits per heavy atom. The number of nitrogens with one attached hydrogen (secondary N) is 1. The number of aliphatic hydroxyl groups excluding tert-OH is 1. The molecule has 5 heteroatoms. The summed E-state index contributed by atoms with van der Waals surface area (Å²) in [5, 5.41) is 9.02. The molecule has 2 heterocycles. The summed E-state index contributed by atoms with van der Waals surface area (Å²) in [7, 11) is 0. The first-order chi connectivity index (χ1) is 7.81. The van der Waals surface area contributed by atoms with Crippen LogP contribution in [0.2, 0.25) is 0 Å². The number of aromatic nitrogens is 2. The number of rotatable bonds is 3. The molecule has 0 spiro atoms. The lowest BCUT2D eigenvalue weighted by atomic mass is 10.00. The lowest BCUT2D eigenvalue weighted by Gasteiger charge is -2.36. The first-order valence-corrected chi connectivity index (χ1v) is 5.73. The fourth-order valence-electron chi connectivity index (χ4n) is 2.27. The van der Waals surface area contributed by atoms with Crippen LogP contribution in [0.4, 0.5) is 5.82 Å². The minimum atomic E-state index is -0.127. The molecule has 5 nitrogen and oxygen atoms in total. The van der Waals surface area contributed by atoms with E-state index in [1.807, 2.05) is 0 Å². The number of anilines is 1. The van der Waals surface area contributed by atoms with Gasteiger partial charge in [-0.05, 0) is 25.7 Å². The SMILES string of the molecule is O=c1cc(N2CCCCC2CCO)nc[nH]1. The smallest absolute Gasteiger partial charge is 0.252 e. The summed E-state index contributed by atoms with van der Waals surface area (Å²) in [5.74, 6) is 0.724. The van der Waals surface area contributed by atoms with Crippen molar-refractivity contribution >= 4 is 5.82 Å². The van der Waals surface area contributed by atoms with E-state index >= 15 is 0 Å². The van der Waals surface area contributed by atoms with E-state index in [2.05, 4.69) is 14.9 Å². The first-order valence-electron chi connectivity index (χ1n) is 5.73. The van der Waals surface area contributed by atoms with E-state index in [0.717, 1.165) is 31.6 Å². The van der Waals surface area contributed by atoms with Gasteiger partial charge in [0.25, 0.3) is 5.56 Å². The summed E-state index contributed by atoms with van der Waals surface area (Å²) >= 11 is 0. The summed E-state index contributed by atoms with van der Waals surface area (Å²) in [6.07, 6.45) is 5.55. The summed E-state index contributed by atoms with van der Waals surface area (Å²) in [5.41, 5.74) is -0.127. The summed E-state index contributed by atoms with van der Waals surface area (Å²) in [4.78, 5) is 20.1. The van der Waals surface area contributed by atoms with Crippen molar-refractivity contribution in [3.63, 3.8) is 0 Å². The van der Waals surface area contributed by atoms with Crippen LogP contribution in [0.3, 0.4) is 0 Å². The lowest BCUT2D eigenvalue weighted by Crippen LogP contribution is -2.41. The molecule has 16 heavy (non-hydrogen) atoms. The van der Waals surface area contributed by atoms with Gasteiger partial charge in [-0.25, -0.2) is 4.98 Å². The van der Waals surface area contributed by atoms with Gasteiger partial charge in [0.1, 0.15) is 5.82 Å². The van der Waals surface area contributed by atoms with Crippen LogP contribution < -0.4 is 10.5 Å². The Hall–Kier alpha value is -1.36. The normalized spacial score (nSPS) is 21.1. The Morgan fingerprint density at radius 3 is 3.19 bits per heavy atom. The fraction of sp³-hybridized carbons (Fsp3) is 0.636. The Morgan fingerprint density at radius 1 is 1.56 bits per heavy atom. The molecule has 0 radical (unpaired) electrons. The van der Waals surface area contributed by atoms with Crippen molar-refractivity contribution in [2.45, 2.75) is 31.7 Å². The molecule has 1 aliphatic rings. The Labute approximate surface area is 94.1 Å². The molecule has 2 rings (SSSR count). The van der Waals surface area contributed by atoms with E-state index in [-0.39, 0.29) is 12.2 Å². The molecule has 0 amide bonds. The van der Waals surface area contributed by atoms with Gasteiger partial charge in [0, 0.05) is 25.3 Å². The molecule has 0 saturated carbocycles. The molecule has 0 aliphatic carbocycles. The number of aromatic amines is 1. The van der Waals surface area contributed by atoms with Crippen LogP contribution in [-0.4, -0.2) is 34.3 Å². The van der Waals surface area contributed by atoms with E-state index in [0.29, 0.717) is 6.04 Å². The lowest BCUT2D eigenvalue weighted by molar-refractivity contribution is 0.262. The highest BCUT2D eigenvalue weighted by atomic mass is 16.3. The standard InChI is InChI=1S/C11H17N3O2/c15-6-4-9-3-1-2-5-14(9)10-7-11(16)13-8-12-10/h7-9,15H,1-6H2,(H,12,13,16). The van der Waals surface area contributed by atoms with Gasteiger partial charge >= 0.3 is 0 Å². The second-order valence-corrected chi connectivity index (χ2v) is 4.12. The molecule has 0 aromatic carbocycles. The van der Waals surface area contributed by atoms with E-state index < -0.39 is 0 Å². The maximum absolute atomic E-state index is 11.2. The molecule has 1 aliphatic heterocycles. The van der Waals surface area contributed by atoms with Gasteiger partial charge in [-0.1, -0.05) is 0 Å². The van der Waals surface area contributed by atoms with Gasteiger partial charge in [0.15, 0.2) is 0 Å². The Balaban J connectivity index is 2.19. The predicted octanol–water partition coefficient (Wildman–Crippen LogP) is 0.511. The molecule has 2 N–H and O–H groups in total. The highest BCUT2D eigenvalue weighted by molar-refractivity contribution is 5.38. The molecule has 1 aromatic rings. The predicted molar refractivity (Wildman–Crippen MR) is 61.5 cm³/mol. The first kappa shape index (κ1) is 11.1. The molecule has 1 atom stereocenters. The Kier molecular flexibility index (Phi) is 3.56. The van der Waals surface area contributed by atoms with Crippen LogP contribution in [0.15, 0.2) is 17.2 Å². The summed E-state index contributed by atoms with van der Waals surface area (Å²) in [6.45, 7) is 1.10. The van der Waals surface area contributed by atoms with Gasteiger partial charge in [-0.2, -0.15) is 0 Å². The quantitative estimate of drug-likeness (QED) is 0.783. The van der Waals surface area contributed by atoms with Crippen LogP contribution in [0, 0.1) is 0 Å². The van der Waals surface area contributed by atoms with Crippen LogP contribution in [0.1, 0.15) is 25.7 Å². The van der Waals surface area contributed by atoms with Crippen LogP contribution in [0.5, 0.6) is 0 Å². The zero-order chi connectivity index (χ0) is 11.4. The van der Waals surface area contributed by atoms with Crippen molar-refractivity contribution in [2.75, 3.05) is 18.1 Å². The van der Waals surface area contributed by atoms with Crippen molar-refractivity contribution in [2.24, 2.45) is 0 Å². The van der Waals surface area contributed by atoms with Crippen LogP contribution in [-0.2, 0) is 0 Å². The second-order valence-electron chi connectivity index (χ2n) is 4.12. The molecule has 88 valence electrons. The van der Waals surface area contributed by atoms with Crippen molar-refractivity contribution in [3.05, 3.63) is 22.7 Å². The topological polar surface area (TPSA) is 69.2 Å². The van der Waals surface area contributed by atoms with Gasteiger partial charge in [-0.15, -0.1) is 0 Å². The number of aliphatic hydroxyl groups is 1. The van der Waals surface area contributed by atoms with Gasteiger partial charge in [-0.3, -0.25) is 4.79 Å². The summed E-state index contributed by atoms with van der Waals surface area (Å²) < 4.78 is 0. The van der Waals surface area contributed by atoms with Crippen molar-refractivity contribution in [1.82, 2.24) is 9.97 Å². The zero-order valence-corrected chi connectivity index (χ0v) is 9.22. The van der Waals surface area contributed by atoms with E-state index in [9.17, 15) is 4.79 Å². The number of H-pyrrole nitrogens is 1. The largest absolute Gasteiger partial charge is 0.396 e. The molecular formula is C11H17N3O2. The minimum Gasteiger partial charge on any atom is -0.396 e. The number of nitrogens with zero attached hydrogens (tertiary/aromatic N) is 2. The Bertz CT molecular complexity index is 389. The van der Waals surface area contributed by atoms with E-state index in [1.54, 1.807) is 0 Å². The summed E-state index contributed by atoms with van der Waals surface area (Å²) in [6, 6.07) is 1.84. The monoisotopic (exact) mass is 223 g/mol. The fourth-order valence-corrected chi connectivity index (χ4v) is 2.27. The molecule has 0 bridgehead atoms. The van der Waals surface area contributed by atoms with Crippen molar-refractivity contribution in [1.29, 1.82) is 0 Å². The van der Waals surface area contributed by atoms with E-state index in [4.69, 9.17) is 5.11 Å². The minimum absolute atomic E-state index is 0.127. The number of hydrogen-bond donors (Lipinski definition) is 2. The maximum Gasteiger partial charge on any atom is 0.252 e. The molecule has 1 aromatic heterocycles. The molecular weight excluding hydrogens is 206 g/mol. The third-order valence-electron chi connectivity index (χ3n) is 3.05. The van der Waals surface area contributed by atoms with Crippen LogP contribution in [0.25, 0.3) is 0 Å². The average Bonchev–Trinajstić information content (AvgIpc) is 2.30. The van der Waals surface area contributed by atoms with Gasteiger partial charge in [0.05, 0.1) is 6.33 Å². The third kappa shape index (κ3) is 2.41. The highest BCUT2D eigenvalue weighted by Crippen LogP contribution is 2.23. The van der Waals surface area contributed by atoms with Gasteiger partial charge < -0.3 is 15.0 Å². The van der Waals surface area contributed by atoms with Gasteiger partial charge in [0.2, 0.25) is 0 Å². The van der Waals surface area contributed by atoms with Crippen LogP contribution >= 0.6 is 0 Å². The maximum atomic E-state index is 11.2.